The topological polar surface area (TPSA) is 96.0 Å². The van der Waals surface area contributed by atoms with Crippen LogP contribution in [-0.4, -0.2) is 56.9 Å². The van der Waals surface area contributed by atoms with Crippen molar-refractivity contribution in [2.75, 3.05) is 36.5 Å². The highest BCUT2D eigenvalue weighted by molar-refractivity contribution is 7.89. The number of sulfonamides is 1. The van der Waals surface area contributed by atoms with Gasteiger partial charge in [-0.2, -0.15) is 4.31 Å². The molecule has 1 atom stereocenters. The van der Waals surface area contributed by atoms with E-state index < -0.39 is 16.1 Å². The number of nitrogens with zero attached hydrogens (tertiary/aromatic N) is 2. The third-order valence-corrected chi connectivity index (χ3v) is 8.64. The number of nitrogens with one attached hydrogen (secondary N) is 1. The fourth-order valence-electron chi connectivity index (χ4n) is 4.90. The second-order valence-electron chi connectivity index (χ2n) is 9.03. The summed E-state index contributed by atoms with van der Waals surface area (Å²) in [6.07, 6.45) is 4.56. The van der Waals surface area contributed by atoms with Crippen molar-refractivity contribution in [3.63, 3.8) is 0 Å². The van der Waals surface area contributed by atoms with Gasteiger partial charge in [-0.1, -0.05) is 12.5 Å². The van der Waals surface area contributed by atoms with Gasteiger partial charge >= 0.3 is 0 Å². The van der Waals surface area contributed by atoms with E-state index in [1.165, 1.54) is 0 Å². The Hall–Kier alpha value is -2.75. The van der Waals surface area contributed by atoms with Gasteiger partial charge in [0.1, 0.15) is 6.10 Å². The van der Waals surface area contributed by atoms with E-state index in [1.54, 1.807) is 51.7 Å². The first kappa shape index (κ1) is 23.0. The molecule has 0 spiro atoms. The van der Waals surface area contributed by atoms with Crippen LogP contribution in [0.1, 0.15) is 48.0 Å². The van der Waals surface area contributed by atoms with Crippen LogP contribution in [0, 0.1) is 0 Å². The number of rotatable bonds is 5. The molecule has 0 aliphatic carbocycles. The highest BCUT2D eigenvalue weighted by atomic mass is 32.2. The van der Waals surface area contributed by atoms with Crippen molar-refractivity contribution in [1.82, 2.24) is 4.31 Å². The molecular weight excluding hydrogens is 454 g/mol. The molecule has 2 amide bonds. The number of hydrogen-bond donors (Lipinski definition) is 1. The highest BCUT2D eigenvalue weighted by Crippen LogP contribution is 2.33. The summed E-state index contributed by atoms with van der Waals surface area (Å²) < 4.78 is 33.1. The maximum Gasteiger partial charge on any atom is 0.258 e. The summed E-state index contributed by atoms with van der Waals surface area (Å²) in [5, 5.41) is 2.84. The number of hydrogen-bond acceptors (Lipinski definition) is 5. The summed E-state index contributed by atoms with van der Waals surface area (Å²) in [6, 6.07) is 11.9. The molecule has 34 heavy (non-hydrogen) atoms. The SMILES string of the molecule is O=C(Nc1cccc(C(=O)N2CCc3cc(S(=O)(=O)N4CCCCC4)ccc32)c1)C1CCCO1. The van der Waals surface area contributed by atoms with Crippen molar-refractivity contribution in [2.24, 2.45) is 0 Å². The van der Waals surface area contributed by atoms with Crippen LogP contribution in [0.2, 0.25) is 0 Å². The van der Waals surface area contributed by atoms with E-state index in [2.05, 4.69) is 5.32 Å². The lowest BCUT2D eigenvalue weighted by Gasteiger charge is -2.26. The van der Waals surface area contributed by atoms with Gasteiger partial charge < -0.3 is 15.0 Å². The Balaban J connectivity index is 1.32. The second-order valence-corrected chi connectivity index (χ2v) is 11.0. The van der Waals surface area contributed by atoms with Crippen molar-refractivity contribution in [2.45, 2.75) is 49.5 Å². The van der Waals surface area contributed by atoms with Gasteiger partial charge in [0, 0.05) is 43.2 Å². The lowest BCUT2D eigenvalue weighted by atomic mass is 10.1. The normalized spacial score (nSPS) is 20.8. The van der Waals surface area contributed by atoms with Gasteiger partial charge in [-0.15, -0.1) is 0 Å². The Labute approximate surface area is 199 Å². The molecule has 0 bridgehead atoms. The standard InChI is InChI=1S/C25H29N3O5S/c29-24(23-8-5-15-33-23)26-20-7-4-6-19(16-20)25(30)28-14-11-18-17-21(9-10-22(18)28)34(31,32)27-12-2-1-3-13-27/h4,6-7,9-10,16-17,23H,1-3,5,8,11-15H2,(H,26,29). The Kier molecular flexibility index (Phi) is 6.42. The third-order valence-electron chi connectivity index (χ3n) is 6.74. The van der Waals surface area contributed by atoms with E-state index in [-0.39, 0.29) is 11.8 Å². The molecule has 1 unspecified atom stereocenters. The fraction of sp³-hybridized carbons (Fsp3) is 0.440. The van der Waals surface area contributed by atoms with Crippen LogP contribution < -0.4 is 10.2 Å². The number of benzene rings is 2. The Morgan fingerprint density at radius 3 is 2.56 bits per heavy atom. The van der Waals surface area contributed by atoms with E-state index in [1.807, 2.05) is 0 Å². The minimum Gasteiger partial charge on any atom is -0.368 e. The Morgan fingerprint density at radius 2 is 1.79 bits per heavy atom. The smallest absolute Gasteiger partial charge is 0.258 e. The van der Waals surface area contributed by atoms with E-state index in [0.29, 0.717) is 55.2 Å². The van der Waals surface area contributed by atoms with Crippen LogP contribution in [0.5, 0.6) is 0 Å². The maximum atomic E-state index is 13.3. The van der Waals surface area contributed by atoms with Crippen molar-refractivity contribution in [3.8, 4) is 0 Å². The van der Waals surface area contributed by atoms with Gasteiger partial charge in [-0.25, -0.2) is 8.42 Å². The quantitative estimate of drug-likeness (QED) is 0.705. The van der Waals surface area contributed by atoms with E-state index >= 15 is 0 Å². The summed E-state index contributed by atoms with van der Waals surface area (Å²) in [4.78, 5) is 27.6. The molecule has 2 fully saturated rings. The molecule has 0 aromatic heterocycles. The molecular formula is C25H29N3O5S. The van der Waals surface area contributed by atoms with Crippen molar-refractivity contribution >= 4 is 33.2 Å². The fourth-order valence-corrected chi connectivity index (χ4v) is 6.47. The average Bonchev–Trinajstić information content (AvgIpc) is 3.54. The summed E-state index contributed by atoms with van der Waals surface area (Å²) in [7, 11) is -3.52. The number of anilines is 2. The molecule has 3 heterocycles. The molecule has 5 rings (SSSR count). The molecule has 0 saturated carbocycles. The number of piperidine rings is 1. The second kappa shape index (κ2) is 9.48. The minimum absolute atomic E-state index is 0.182. The Bertz CT molecular complexity index is 1200. The number of fused-ring (bicyclic) bond motifs is 1. The van der Waals surface area contributed by atoms with Gasteiger partial charge in [0.25, 0.3) is 11.8 Å². The molecule has 3 aliphatic rings. The zero-order valence-corrected chi connectivity index (χ0v) is 19.9. The number of amides is 2. The molecule has 2 aromatic carbocycles. The van der Waals surface area contributed by atoms with Crippen molar-refractivity contribution in [3.05, 3.63) is 53.6 Å². The first-order chi connectivity index (χ1) is 16.4. The van der Waals surface area contributed by atoms with Crippen molar-refractivity contribution < 1.29 is 22.7 Å². The van der Waals surface area contributed by atoms with Crippen LogP contribution in [0.3, 0.4) is 0 Å². The lowest BCUT2D eigenvalue weighted by molar-refractivity contribution is -0.124. The van der Waals surface area contributed by atoms with Crippen molar-refractivity contribution in [1.29, 1.82) is 0 Å². The Morgan fingerprint density at radius 1 is 0.971 bits per heavy atom. The van der Waals surface area contributed by atoms with Gasteiger partial charge in [0.2, 0.25) is 10.0 Å². The zero-order chi connectivity index (χ0) is 23.7. The molecule has 1 N–H and O–H groups in total. The first-order valence-electron chi connectivity index (χ1n) is 11.9. The summed E-state index contributed by atoms with van der Waals surface area (Å²) in [5.41, 5.74) is 2.60. The monoisotopic (exact) mass is 483 g/mol. The maximum absolute atomic E-state index is 13.3. The van der Waals surface area contributed by atoms with Gasteiger partial charge in [-0.05, 0) is 74.1 Å². The molecule has 180 valence electrons. The zero-order valence-electron chi connectivity index (χ0n) is 19.0. The highest BCUT2D eigenvalue weighted by Gasteiger charge is 2.31. The number of ether oxygens (including phenoxy) is 1. The van der Waals surface area contributed by atoms with Crippen LogP contribution in [0.25, 0.3) is 0 Å². The first-order valence-corrected chi connectivity index (χ1v) is 13.3. The molecule has 9 heteroatoms. The van der Waals surface area contributed by atoms with Crippen LogP contribution in [-0.2, 0) is 26.0 Å². The van der Waals surface area contributed by atoms with Gasteiger partial charge in [0.15, 0.2) is 0 Å². The summed E-state index contributed by atoms with van der Waals surface area (Å²) >= 11 is 0. The lowest BCUT2D eigenvalue weighted by Crippen LogP contribution is -2.35. The average molecular weight is 484 g/mol. The predicted molar refractivity (Wildman–Crippen MR) is 128 cm³/mol. The van der Waals surface area contributed by atoms with E-state index in [0.717, 1.165) is 36.9 Å². The van der Waals surface area contributed by atoms with Crippen LogP contribution in [0.15, 0.2) is 47.4 Å². The summed E-state index contributed by atoms with van der Waals surface area (Å²) in [6.45, 7) is 2.19. The predicted octanol–water partition coefficient (Wildman–Crippen LogP) is 3.18. The molecule has 3 aliphatic heterocycles. The molecule has 2 saturated heterocycles. The molecule has 2 aromatic rings. The minimum atomic E-state index is -3.52. The molecule has 0 radical (unpaired) electrons. The van der Waals surface area contributed by atoms with Crippen LogP contribution in [0.4, 0.5) is 11.4 Å². The van der Waals surface area contributed by atoms with Gasteiger partial charge in [0.05, 0.1) is 4.90 Å². The largest absolute Gasteiger partial charge is 0.368 e. The van der Waals surface area contributed by atoms with Gasteiger partial charge in [-0.3, -0.25) is 9.59 Å². The number of carbonyl (C=O) groups is 2. The van der Waals surface area contributed by atoms with E-state index in [9.17, 15) is 18.0 Å². The number of carbonyl (C=O) groups excluding carboxylic acids is 2. The molecule has 8 nitrogen and oxygen atoms in total. The van der Waals surface area contributed by atoms with Crippen LogP contribution >= 0.6 is 0 Å². The third kappa shape index (κ3) is 4.47. The van der Waals surface area contributed by atoms with E-state index in [4.69, 9.17) is 4.74 Å². The summed E-state index contributed by atoms with van der Waals surface area (Å²) in [5.74, 6) is -0.380.